The van der Waals surface area contributed by atoms with Gasteiger partial charge in [0.2, 0.25) is 0 Å². The molecule has 0 fully saturated rings. The molecule has 0 amide bonds. The number of ketones is 2. The second-order valence-corrected chi connectivity index (χ2v) is 5.61. The van der Waals surface area contributed by atoms with Gasteiger partial charge in [0.15, 0.2) is 0 Å². The van der Waals surface area contributed by atoms with Gasteiger partial charge in [0.1, 0.15) is 5.78 Å². The zero-order chi connectivity index (χ0) is 15.8. The summed E-state index contributed by atoms with van der Waals surface area (Å²) >= 11 is 0. The van der Waals surface area contributed by atoms with E-state index < -0.39 is 0 Å². The molecule has 0 unspecified atom stereocenters. The van der Waals surface area contributed by atoms with Crippen LogP contribution in [-0.2, 0) is 17.1 Å². The van der Waals surface area contributed by atoms with Gasteiger partial charge >= 0.3 is 0 Å². The van der Waals surface area contributed by atoms with Crippen LogP contribution in [0.15, 0.2) is 60.2 Å². The average Bonchev–Trinajstić information content (AvgIpc) is 3.23. The van der Waals surface area contributed by atoms with Crippen LogP contribution in [0.25, 0.3) is 0 Å². The summed E-state index contributed by atoms with van der Waals surface area (Å²) < 4.78 is 0. The molecule has 128 valence electrons. The molecule has 0 bridgehead atoms. The first-order valence-corrected chi connectivity index (χ1v) is 7.82. The summed E-state index contributed by atoms with van der Waals surface area (Å²) in [7, 11) is 0. The average molecular weight is 350 g/mol. The molecule has 0 atom stereocenters. The predicted molar refractivity (Wildman–Crippen MR) is 89.6 cm³/mol. The minimum absolute atomic E-state index is 0. The fraction of sp³-hybridized carbons (Fsp3) is 0.300. The van der Waals surface area contributed by atoms with Crippen LogP contribution >= 0.6 is 0 Å². The summed E-state index contributed by atoms with van der Waals surface area (Å²) in [4.78, 5) is 22.2. The first-order valence-electron chi connectivity index (χ1n) is 7.82. The van der Waals surface area contributed by atoms with Gasteiger partial charge in [-0.3, -0.25) is 5.78 Å². The van der Waals surface area contributed by atoms with E-state index in [0.29, 0.717) is 6.42 Å². The first kappa shape index (κ1) is 19.3. The monoisotopic (exact) mass is 350 g/mol. The van der Waals surface area contributed by atoms with Crippen LogP contribution in [0.2, 0.25) is 0 Å². The third kappa shape index (κ3) is 6.52. The molecule has 0 aliphatic heterocycles. The smallest absolute Gasteiger partial charge is 0.105 e. The molecule has 0 N–H and O–H groups in total. The van der Waals surface area contributed by atoms with E-state index in [9.17, 15) is 9.59 Å². The van der Waals surface area contributed by atoms with Gasteiger partial charge < -0.3 is 39.4 Å². The number of allylic oxidation sites excluding steroid dienone is 2. The Bertz CT molecular complexity index is 619. The normalized spacial score (nSPS) is 13.2. The fourth-order valence-electron chi connectivity index (χ4n) is 2.54. The third-order valence-corrected chi connectivity index (χ3v) is 3.83. The van der Waals surface area contributed by atoms with E-state index in [2.05, 4.69) is 6.08 Å². The Balaban J connectivity index is 0.000000253. The van der Waals surface area contributed by atoms with Crippen molar-refractivity contribution in [3.05, 3.63) is 71.3 Å². The predicted octanol–water partition coefficient (Wildman–Crippen LogP) is 5.08. The van der Waals surface area contributed by atoms with E-state index in [-0.39, 0.29) is 28.6 Å². The second kappa shape index (κ2) is 10.1. The van der Waals surface area contributed by atoms with Gasteiger partial charge in [-0.2, -0.15) is 12.1 Å². The molecule has 0 saturated heterocycles. The Morgan fingerprint density at radius 1 is 1.13 bits per heavy atom. The Labute approximate surface area is 148 Å². The van der Waals surface area contributed by atoms with Crippen LogP contribution in [0.4, 0.5) is 0 Å². The van der Waals surface area contributed by atoms with Crippen LogP contribution in [0.5, 0.6) is 0 Å². The summed E-state index contributed by atoms with van der Waals surface area (Å²) in [6.07, 6.45) is 7.68. The van der Waals surface area contributed by atoms with Gasteiger partial charge in [-0.15, -0.1) is 6.42 Å². The summed E-state index contributed by atoms with van der Waals surface area (Å²) in [5.74, 6) is 0.401. The molecule has 0 saturated carbocycles. The van der Waals surface area contributed by atoms with Crippen molar-refractivity contribution >= 4 is 11.6 Å². The van der Waals surface area contributed by atoms with Crippen molar-refractivity contribution in [2.75, 3.05) is 0 Å². The number of hydrogen-bond donors (Lipinski definition) is 0. The molecule has 2 aromatic rings. The van der Waals surface area contributed by atoms with Crippen LogP contribution < -0.4 is 0 Å². The van der Waals surface area contributed by atoms with Gasteiger partial charge in [0, 0.05) is 17.1 Å². The third-order valence-electron chi connectivity index (χ3n) is 3.83. The van der Waals surface area contributed by atoms with Gasteiger partial charge in [0.25, 0.3) is 0 Å². The van der Waals surface area contributed by atoms with Gasteiger partial charge in [-0.1, -0.05) is 17.2 Å². The maximum Gasteiger partial charge on any atom is 0.105 e. The molecule has 23 heavy (non-hydrogen) atoms. The SMILES string of the molecule is CC(=O)[c-]1cccc1.O=C(CC1=CCCCC1)[c-]1[cH-][cH-][cH-][cH-]1.[Fe]. The summed E-state index contributed by atoms with van der Waals surface area (Å²) in [5.41, 5.74) is 2.99. The number of carbonyl (C=O) groups is 2. The molecular weight excluding hydrogens is 328 g/mol. The number of hydrogen-bond acceptors (Lipinski definition) is 2. The largest absolute Gasteiger partial charge is 0.718 e. The van der Waals surface area contributed by atoms with Gasteiger partial charge in [-0.25, -0.2) is 12.1 Å². The van der Waals surface area contributed by atoms with Crippen molar-refractivity contribution in [3.8, 4) is 0 Å². The molecule has 2 nitrogen and oxygen atoms in total. The molecule has 1 aliphatic rings. The number of carbonyl (C=O) groups excluding carboxylic acids is 2. The maximum absolute atomic E-state index is 11.7. The van der Waals surface area contributed by atoms with Crippen molar-refractivity contribution < 1.29 is 26.7 Å². The van der Waals surface area contributed by atoms with E-state index in [1.54, 1.807) is 6.92 Å². The second-order valence-electron chi connectivity index (χ2n) is 5.61. The first-order chi connectivity index (χ1) is 10.7. The zero-order valence-corrected chi connectivity index (χ0v) is 14.5. The molecular formula is C20H22FeO2-6. The quantitative estimate of drug-likeness (QED) is 0.333. The molecule has 3 heteroatoms. The van der Waals surface area contributed by atoms with Crippen molar-refractivity contribution in [1.82, 2.24) is 0 Å². The van der Waals surface area contributed by atoms with Crippen molar-refractivity contribution in [2.24, 2.45) is 0 Å². The summed E-state index contributed by atoms with van der Waals surface area (Å²) in [5, 5.41) is 0. The Morgan fingerprint density at radius 2 is 1.78 bits per heavy atom. The van der Waals surface area contributed by atoms with Crippen LogP contribution in [-0.4, -0.2) is 11.6 Å². The van der Waals surface area contributed by atoms with Crippen molar-refractivity contribution in [3.63, 3.8) is 0 Å². The van der Waals surface area contributed by atoms with E-state index in [4.69, 9.17) is 0 Å². The zero-order valence-electron chi connectivity index (χ0n) is 13.4. The minimum atomic E-state index is 0. The van der Waals surface area contributed by atoms with E-state index in [1.165, 1.54) is 18.4 Å². The van der Waals surface area contributed by atoms with Crippen LogP contribution in [0.1, 0.15) is 59.7 Å². The Kier molecular flexibility index (Phi) is 8.53. The summed E-state index contributed by atoms with van der Waals surface area (Å²) in [6, 6.07) is 15.0. The molecule has 0 spiro atoms. The van der Waals surface area contributed by atoms with Crippen molar-refractivity contribution in [1.29, 1.82) is 0 Å². The molecule has 3 rings (SSSR count). The minimum Gasteiger partial charge on any atom is -0.718 e. The van der Waals surface area contributed by atoms with Gasteiger partial charge in [0.05, 0.1) is 0 Å². The topological polar surface area (TPSA) is 34.1 Å². The molecule has 0 heterocycles. The number of rotatable bonds is 4. The standard InChI is InChI=1S/C13H15O.C7H7O.Fe/c14-13(12-8-4-5-9-12)10-11-6-2-1-3-7-11;1-6(8)7-4-2-3-5-7;/h4-6,8-9H,1-3,7,10H2;2-5H,1H3;/q-5;-1;. The molecule has 0 aromatic heterocycles. The van der Waals surface area contributed by atoms with Crippen molar-refractivity contribution in [2.45, 2.75) is 39.0 Å². The van der Waals surface area contributed by atoms with E-state index >= 15 is 0 Å². The van der Waals surface area contributed by atoms with Crippen LogP contribution in [0.3, 0.4) is 0 Å². The Hall–Kier alpha value is -1.70. The fourth-order valence-corrected chi connectivity index (χ4v) is 2.54. The van der Waals surface area contributed by atoms with Gasteiger partial charge in [-0.05, 0) is 32.6 Å². The Morgan fingerprint density at radius 3 is 2.26 bits per heavy atom. The maximum atomic E-state index is 11.7. The van der Waals surface area contributed by atoms with E-state index in [1.807, 2.05) is 48.5 Å². The molecule has 0 radical (unpaired) electrons. The van der Waals surface area contributed by atoms with E-state index in [0.717, 1.165) is 24.0 Å². The molecule has 1 aliphatic carbocycles. The van der Waals surface area contributed by atoms with Crippen LogP contribution in [0, 0.1) is 0 Å². The number of Topliss-reactive ketones (excluding diaryl/α,β-unsaturated/α-hetero) is 2. The summed E-state index contributed by atoms with van der Waals surface area (Å²) in [6.45, 7) is 1.56. The molecule has 2 aromatic carbocycles.